The lowest BCUT2D eigenvalue weighted by Gasteiger charge is -2.07. The molecule has 0 saturated carbocycles. The summed E-state index contributed by atoms with van der Waals surface area (Å²) in [5, 5.41) is 0. The van der Waals surface area contributed by atoms with E-state index in [2.05, 4.69) is 40.8 Å². The molecule has 1 atom stereocenters. The minimum atomic E-state index is 0.561. The van der Waals surface area contributed by atoms with E-state index in [1.807, 2.05) is 12.3 Å². The van der Waals surface area contributed by atoms with Crippen LogP contribution in [0.25, 0.3) is 0 Å². The van der Waals surface area contributed by atoms with Crippen molar-refractivity contribution in [1.29, 1.82) is 0 Å². The van der Waals surface area contributed by atoms with Gasteiger partial charge >= 0.3 is 0 Å². The van der Waals surface area contributed by atoms with Crippen molar-refractivity contribution in [1.82, 2.24) is 4.98 Å². The number of rotatable bonds is 3. The zero-order valence-corrected chi connectivity index (χ0v) is 9.13. The molecule has 1 nitrogen and oxygen atoms in total. The van der Waals surface area contributed by atoms with Crippen molar-refractivity contribution < 1.29 is 0 Å². The fraction of sp³-hybridized carbons (Fsp3) is 0.500. The van der Waals surface area contributed by atoms with Gasteiger partial charge in [-0.1, -0.05) is 28.9 Å². The molecule has 1 unspecified atom stereocenters. The third-order valence-corrected chi connectivity index (χ3v) is 2.95. The Bertz CT molecular complexity index is 247. The maximum Gasteiger partial charge on any atom is 0.0443 e. The first-order chi connectivity index (χ1) is 5.74. The molecule has 12 heavy (non-hydrogen) atoms. The third-order valence-electron chi connectivity index (χ3n) is 1.98. The van der Waals surface area contributed by atoms with E-state index >= 15 is 0 Å². The average Bonchev–Trinajstić information content (AvgIpc) is 2.09. The van der Waals surface area contributed by atoms with Crippen molar-refractivity contribution in [2.45, 2.75) is 31.5 Å². The molecule has 1 heterocycles. The lowest BCUT2D eigenvalue weighted by Crippen LogP contribution is -2.04. The zero-order valence-electron chi connectivity index (χ0n) is 7.55. The van der Waals surface area contributed by atoms with Crippen LogP contribution >= 0.6 is 15.9 Å². The molecule has 1 aromatic heterocycles. The smallest absolute Gasteiger partial charge is 0.0443 e. The normalized spacial score (nSPS) is 12.9. The zero-order chi connectivity index (χ0) is 8.97. The third kappa shape index (κ3) is 2.59. The highest BCUT2D eigenvalue weighted by Gasteiger charge is 2.05. The predicted molar refractivity (Wildman–Crippen MR) is 55.7 cm³/mol. The van der Waals surface area contributed by atoms with E-state index in [1.54, 1.807) is 0 Å². The molecule has 0 spiro atoms. The Morgan fingerprint density at radius 2 is 2.33 bits per heavy atom. The highest BCUT2D eigenvalue weighted by Crippen LogP contribution is 2.13. The Labute approximate surface area is 82.3 Å². The van der Waals surface area contributed by atoms with Crippen molar-refractivity contribution in [2.75, 3.05) is 0 Å². The first kappa shape index (κ1) is 9.72. The van der Waals surface area contributed by atoms with E-state index in [1.165, 1.54) is 11.3 Å². The largest absolute Gasteiger partial charge is 0.261 e. The second-order valence-electron chi connectivity index (χ2n) is 2.98. The van der Waals surface area contributed by atoms with Gasteiger partial charge in [0, 0.05) is 23.1 Å². The van der Waals surface area contributed by atoms with E-state index in [9.17, 15) is 0 Å². The Balaban J connectivity index is 2.69. The summed E-state index contributed by atoms with van der Waals surface area (Å²) in [6, 6.07) is 4.09. The number of hydrogen-bond donors (Lipinski definition) is 0. The molecular formula is C10H14BrN. The van der Waals surface area contributed by atoms with Gasteiger partial charge in [0.2, 0.25) is 0 Å². The van der Waals surface area contributed by atoms with Crippen molar-refractivity contribution in [3.05, 3.63) is 29.6 Å². The summed E-state index contributed by atoms with van der Waals surface area (Å²) in [7, 11) is 0. The second-order valence-corrected chi connectivity index (χ2v) is 4.27. The van der Waals surface area contributed by atoms with Crippen LogP contribution in [0.1, 0.15) is 24.6 Å². The van der Waals surface area contributed by atoms with Gasteiger partial charge in [0.1, 0.15) is 0 Å². The highest BCUT2D eigenvalue weighted by atomic mass is 79.9. The summed E-state index contributed by atoms with van der Waals surface area (Å²) in [5.41, 5.74) is 2.50. The van der Waals surface area contributed by atoms with Crippen LogP contribution in [0.15, 0.2) is 18.3 Å². The number of hydrogen-bond acceptors (Lipinski definition) is 1. The van der Waals surface area contributed by atoms with Gasteiger partial charge in [-0.05, 0) is 25.0 Å². The van der Waals surface area contributed by atoms with Gasteiger partial charge < -0.3 is 0 Å². The van der Waals surface area contributed by atoms with E-state index in [0.29, 0.717) is 4.83 Å². The van der Waals surface area contributed by atoms with Gasteiger partial charge in [0.15, 0.2) is 0 Å². The Hall–Kier alpha value is -0.370. The minimum absolute atomic E-state index is 0.561. The molecule has 0 amide bonds. The monoisotopic (exact) mass is 227 g/mol. The van der Waals surface area contributed by atoms with E-state index in [0.717, 1.165) is 12.8 Å². The van der Waals surface area contributed by atoms with Crippen LogP contribution in [0.4, 0.5) is 0 Å². The minimum Gasteiger partial charge on any atom is -0.261 e. The van der Waals surface area contributed by atoms with Gasteiger partial charge in [-0.3, -0.25) is 4.98 Å². The molecule has 0 N–H and O–H groups in total. The molecule has 66 valence electrons. The van der Waals surface area contributed by atoms with Gasteiger partial charge in [-0.15, -0.1) is 0 Å². The molecule has 0 aromatic carbocycles. The van der Waals surface area contributed by atoms with Crippen molar-refractivity contribution in [3.63, 3.8) is 0 Å². The van der Waals surface area contributed by atoms with Gasteiger partial charge in [0.05, 0.1) is 0 Å². The van der Waals surface area contributed by atoms with Crippen LogP contribution in [-0.2, 0) is 6.42 Å². The predicted octanol–water partition coefficient (Wildman–Crippen LogP) is 3.11. The van der Waals surface area contributed by atoms with Crippen LogP contribution in [0.2, 0.25) is 0 Å². The summed E-state index contributed by atoms with van der Waals surface area (Å²) < 4.78 is 0. The standard InChI is InChI=1S/C10H14BrN/c1-3-9(11)7-10-8(2)5-4-6-12-10/h4-6,9H,3,7H2,1-2H3. The van der Waals surface area contributed by atoms with E-state index in [4.69, 9.17) is 0 Å². The fourth-order valence-corrected chi connectivity index (χ4v) is 1.39. The van der Waals surface area contributed by atoms with E-state index < -0.39 is 0 Å². The van der Waals surface area contributed by atoms with Crippen LogP contribution in [0.5, 0.6) is 0 Å². The number of alkyl halides is 1. The summed E-state index contributed by atoms with van der Waals surface area (Å²) in [4.78, 5) is 4.90. The molecule has 0 aliphatic heterocycles. The molecule has 0 radical (unpaired) electrons. The topological polar surface area (TPSA) is 12.9 Å². The summed E-state index contributed by atoms with van der Waals surface area (Å²) in [6.07, 6.45) is 4.04. The second kappa shape index (κ2) is 4.61. The first-order valence-corrected chi connectivity index (χ1v) is 5.20. The van der Waals surface area contributed by atoms with Gasteiger partial charge in [-0.25, -0.2) is 0 Å². The lowest BCUT2D eigenvalue weighted by molar-refractivity contribution is 0.803. The molecule has 1 rings (SSSR count). The van der Waals surface area contributed by atoms with Gasteiger partial charge in [0.25, 0.3) is 0 Å². The first-order valence-electron chi connectivity index (χ1n) is 4.28. The van der Waals surface area contributed by atoms with Crippen molar-refractivity contribution in [3.8, 4) is 0 Å². The molecular weight excluding hydrogens is 214 g/mol. The SMILES string of the molecule is CCC(Br)Cc1ncccc1C. The van der Waals surface area contributed by atoms with E-state index in [-0.39, 0.29) is 0 Å². The maximum atomic E-state index is 4.34. The number of halogens is 1. The highest BCUT2D eigenvalue weighted by molar-refractivity contribution is 9.09. The molecule has 0 aliphatic carbocycles. The fourth-order valence-electron chi connectivity index (χ4n) is 1.09. The molecule has 2 heteroatoms. The quantitative estimate of drug-likeness (QED) is 0.724. The number of nitrogens with zero attached hydrogens (tertiary/aromatic N) is 1. The number of aromatic nitrogens is 1. The van der Waals surface area contributed by atoms with Crippen LogP contribution in [0.3, 0.4) is 0 Å². The molecule has 0 bridgehead atoms. The van der Waals surface area contributed by atoms with Crippen LogP contribution in [0, 0.1) is 6.92 Å². The molecule has 0 fully saturated rings. The summed E-state index contributed by atoms with van der Waals surface area (Å²) >= 11 is 3.61. The summed E-state index contributed by atoms with van der Waals surface area (Å²) in [6.45, 7) is 4.29. The Morgan fingerprint density at radius 1 is 1.58 bits per heavy atom. The van der Waals surface area contributed by atoms with Crippen molar-refractivity contribution in [2.24, 2.45) is 0 Å². The Morgan fingerprint density at radius 3 is 2.92 bits per heavy atom. The lowest BCUT2D eigenvalue weighted by atomic mass is 10.1. The maximum absolute atomic E-state index is 4.34. The molecule has 1 aromatic rings. The number of pyridine rings is 1. The average molecular weight is 228 g/mol. The van der Waals surface area contributed by atoms with Crippen molar-refractivity contribution >= 4 is 15.9 Å². The Kier molecular flexibility index (Phi) is 3.73. The number of aryl methyl sites for hydroxylation is 1. The molecule has 0 saturated heterocycles. The van der Waals surface area contributed by atoms with Crippen LogP contribution < -0.4 is 0 Å². The van der Waals surface area contributed by atoms with Crippen LogP contribution in [-0.4, -0.2) is 9.81 Å². The molecule has 0 aliphatic rings. The van der Waals surface area contributed by atoms with Gasteiger partial charge in [-0.2, -0.15) is 0 Å². The summed E-state index contributed by atoms with van der Waals surface area (Å²) in [5.74, 6) is 0.